The Kier molecular flexibility index (Phi) is 3.01. The third-order valence-corrected chi connectivity index (χ3v) is 4.36. The molecule has 2 aliphatic rings. The summed E-state index contributed by atoms with van der Waals surface area (Å²) in [4.78, 5) is 16.1. The highest BCUT2D eigenvalue weighted by Crippen LogP contribution is 2.39. The highest BCUT2D eigenvalue weighted by atomic mass is 16.2. The molecule has 0 unspecified atom stereocenters. The average molecular weight is 257 g/mol. The van der Waals surface area contributed by atoms with Crippen molar-refractivity contribution in [1.82, 2.24) is 10.6 Å². The second-order valence-electron chi connectivity index (χ2n) is 5.42. The number of hydrogen-bond acceptors (Lipinski definition) is 2. The van der Waals surface area contributed by atoms with Gasteiger partial charge < -0.3 is 5.32 Å². The quantitative estimate of drug-likeness (QED) is 0.806. The second-order valence-corrected chi connectivity index (χ2v) is 5.42. The van der Waals surface area contributed by atoms with Gasteiger partial charge in [0.25, 0.3) is 5.91 Å². The Bertz CT molecular complexity index is 501. The van der Waals surface area contributed by atoms with Crippen molar-refractivity contribution in [1.29, 1.82) is 0 Å². The lowest BCUT2D eigenvalue weighted by Crippen LogP contribution is -2.49. The number of aliphatic imine (C=N–C) groups is 1. The van der Waals surface area contributed by atoms with Gasteiger partial charge in [-0.1, -0.05) is 30.3 Å². The molecule has 0 aromatic heterocycles. The summed E-state index contributed by atoms with van der Waals surface area (Å²) in [7, 11) is 1.69. The molecule has 4 nitrogen and oxygen atoms in total. The van der Waals surface area contributed by atoms with E-state index in [1.807, 2.05) is 6.07 Å². The summed E-state index contributed by atoms with van der Waals surface area (Å²) in [6, 6.07) is 10.6. The summed E-state index contributed by atoms with van der Waals surface area (Å²) in [5.41, 5.74) is 0.972. The zero-order valence-electron chi connectivity index (χ0n) is 11.1. The minimum Gasteiger partial charge on any atom is -0.342 e. The molecule has 1 aliphatic heterocycles. The van der Waals surface area contributed by atoms with Crippen LogP contribution >= 0.6 is 0 Å². The largest absolute Gasteiger partial charge is 0.342 e. The predicted octanol–water partition coefficient (Wildman–Crippen LogP) is 1.79. The van der Waals surface area contributed by atoms with E-state index in [0.717, 1.165) is 25.7 Å². The highest BCUT2D eigenvalue weighted by molar-refractivity contribution is 6.09. The maximum atomic E-state index is 12.1. The normalized spacial score (nSPS) is 32.4. The molecule has 4 heteroatoms. The molecule has 2 N–H and O–H groups in total. The molecule has 1 saturated heterocycles. The van der Waals surface area contributed by atoms with Gasteiger partial charge in [0.1, 0.15) is 5.54 Å². The Hall–Kier alpha value is -1.84. The molecule has 1 amide bonds. The molecule has 1 aromatic carbocycles. The van der Waals surface area contributed by atoms with Crippen LogP contribution in [0.3, 0.4) is 0 Å². The molecular weight excluding hydrogens is 238 g/mol. The SMILES string of the molecule is CN=C1NC(=O)C2(CCC(c3ccccc3)CC2)N1. The summed E-state index contributed by atoms with van der Waals surface area (Å²) in [5, 5.41) is 6.09. The predicted molar refractivity (Wildman–Crippen MR) is 75.0 cm³/mol. The van der Waals surface area contributed by atoms with Crippen molar-refractivity contribution in [2.24, 2.45) is 4.99 Å². The van der Waals surface area contributed by atoms with Gasteiger partial charge >= 0.3 is 0 Å². The monoisotopic (exact) mass is 257 g/mol. The maximum absolute atomic E-state index is 12.1. The van der Waals surface area contributed by atoms with Crippen molar-refractivity contribution in [3.63, 3.8) is 0 Å². The molecule has 1 saturated carbocycles. The van der Waals surface area contributed by atoms with Crippen LogP contribution in [0.1, 0.15) is 37.2 Å². The van der Waals surface area contributed by atoms with Crippen LogP contribution in [0.2, 0.25) is 0 Å². The van der Waals surface area contributed by atoms with Gasteiger partial charge in [-0.3, -0.25) is 15.1 Å². The number of nitrogens with zero attached hydrogens (tertiary/aromatic N) is 1. The average Bonchev–Trinajstić information content (AvgIpc) is 2.77. The number of carbonyl (C=O) groups excluding carboxylic acids is 1. The van der Waals surface area contributed by atoms with Crippen LogP contribution in [0.15, 0.2) is 35.3 Å². The minimum absolute atomic E-state index is 0.0830. The van der Waals surface area contributed by atoms with Gasteiger partial charge in [-0.2, -0.15) is 0 Å². The van der Waals surface area contributed by atoms with Crippen LogP contribution in [-0.4, -0.2) is 24.5 Å². The second kappa shape index (κ2) is 4.68. The Morgan fingerprint density at radius 3 is 2.47 bits per heavy atom. The van der Waals surface area contributed by atoms with Crippen LogP contribution in [-0.2, 0) is 4.79 Å². The molecule has 1 aromatic rings. The van der Waals surface area contributed by atoms with Gasteiger partial charge in [-0.15, -0.1) is 0 Å². The Morgan fingerprint density at radius 2 is 1.89 bits per heavy atom. The molecule has 0 atom stereocenters. The van der Waals surface area contributed by atoms with Crippen molar-refractivity contribution in [3.8, 4) is 0 Å². The van der Waals surface area contributed by atoms with Crippen molar-refractivity contribution in [2.45, 2.75) is 37.1 Å². The fourth-order valence-electron chi connectivity index (χ4n) is 3.17. The first kappa shape index (κ1) is 12.2. The molecule has 0 bridgehead atoms. The number of hydrogen-bond donors (Lipinski definition) is 2. The molecular formula is C15H19N3O. The molecule has 3 rings (SSSR count). The van der Waals surface area contributed by atoms with E-state index in [2.05, 4.69) is 39.9 Å². The molecule has 2 fully saturated rings. The summed E-state index contributed by atoms with van der Waals surface area (Å²) < 4.78 is 0. The lowest BCUT2D eigenvalue weighted by molar-refractivity contribution is -0.125. The van der Waals surface area contributed by atoms with Gasteiger partial charge in [0, 0.05) is 7.05 Å². The fourth-order valence-corrected chi connectivity index (χ4v) is 3.17. The lowest BCUT2D eigenvalue weighted by Gasteiger charge is -2.35. The Morgan fingerprint density at radius 1 is 1.21 bits per heavy atom. The van der Waals surface area contributed by atoms with Crippen molar-refractivity contribution < 1.29 is 4.79 Å². The van der Waals surface area contributed by atoms with E-state index < -0.39 is 5.54 Å². The van der Waals surface area contributed by atoms with Crippen LogP contribution in [0.25, 0.3) is 0 Å². The standard InChI is InChI=1S/C15H19N3O/c1-16-14-17-13(19)15(18-14)9-7-12(8-10-15)11-5-3-2-4-6-11/h2-6,12H,7-10H2,1H3,(H2,16,17,18,19). The van der Waals surface area contributed by atoms with E-state index in [1.165, 1.54) is 5.56 Å². The van der Waals surface area contributed by atoms with Crippen LogP contribution in [0.5, 0.6) is 0 Å². The molecule has 100 valence electrons. The molecule has 1 heterocycles. The Labute approximate surface area is 113 Å². The smallest absolute Gasteiger partial charge is 0.252 e. The van der Waals surface area contributed by atoms with Gasteiger partial charge in [-0.05, 0) is 37.2 Å². The number of carbonyl (C=O) groups is 1. The minimum atomic E-state index is -0.417. The van der Waals surface area contributed by atoms with Crippen LogP contribution in [0.4, 0.5) is 0 Å². The van der Waals surface area contributed by atoms with E-state index in [1.54, 1.807) is 7.05 Å². The van der Waals surface area contributed by atoms with Crippen molar-refractivity contribution in [3.05, 3.63) is 35.9 Å². The first-order chi connectivity index (χ1) is 9.23. The van der Waals surface area contributed by atoms with Gasteiger partial charge in [0.05, 0.1) is 0 Å². The van der Waals surface area contributed by atoms with E-state index in [0.29, 0.717) is 11.9 Å². The molecule has 19 heavy (non-hydrogen) atoms. The zero-order valence-corrected chi connectivity index (χ0v) is 11.1. The van der Waals surface area contributed by atoms with Gasteiger partial charge in [0.2, 0.25) is 0 Å². The van der Waals surface area contributed by atoms with Crippen LogP contribution in [0, 0.1) is 0 Å². The topological polar surface area (TPSA) is 53.5 Å². The maximum Gasteiger partial charge on any atom is 0.252 e. The zero-order chi connectivity index (χ0) is 13.3. The van der Waals surface area contributed by atoms with E-state index in [4.69, 9.17) is 0 Å². The molecule has 1 spiro atoms. The Balaban J connectivity index is 1.72. The number of nitrogens with one attached hydrogen (secondary N) is 2. The summed E-state index contributed by atoms with van der Waals surface area (Å²) in [6.45, 7) is 0. The number of benzene rings is 1. The van der Waals surface area contributed by atoms with E-state index in [9.17, 15) is 4.79 Å². The molecule has 1 aliphatic carbocycles. The first-order valence-electron chi connectivity index (χ1n) is 6.85. The number of rotatable bonds is 1. The summed E-state index contributed by atoms with van der Waals surface area (Å²) >= 11 is 0. The fraction of sp³-hybridized carbons (Fsp3) is 0.467. The first-order valence-corrected chi connectivity index (χ1v) is 6.85. The van der Waals surface area contributed by atoms with Gasteiger partial charge in [-0.25, -0.2) is 0 Å². The molecule has 0 radical (unpaired) electrons. The third-order valence-electron chi connectivity index (χ3n) is 4.36. The van der Waals surface area contributed by atoms with E-state index in [-0.39, 0.29) is 5.91 Å². The summed E-state index contributed by atoms with van der Waals surface area (Å²) in [6.07, 6.45) is 3.83. The summed E-state index contributed by atoms with van der Waals surface area (Å²) in [5.74, 6) is 1.27. The van der Waals surface area contributed by atoms with E-state index >= 15 is 0 Å². The number of guanidine groups is 1. The van der Waals surface area contributed by atoms with Crippen molar-refractivity contribution in [2.75, 3.05) is 7.05 Å². The van der Waals surface area contributed by atoms with Gasteiger partial charge in [0.15, 0.2) is 5.96 Å². The highest BCUT2D eigenvalue weighted by Gasteiger charge is 2.47. The van der Waals surface area contributed by atoms with Crippen LogP contribution < -0.4 is 10.6 Å². The third kappa shape index (κ3) is 2.11. The lowest BCUT2D eigenvalue weighted by atomic mass is 9.74. The van der Waals surface area contributed by atoms with Crippen molar-refractivity contribution >= 4 is 11.9 Å². The number of amides is 1.